The number of likely N-dealkylation sites (tertiary alicyclic amines) is 1. The Morgan fingerprint density at radius 2 is 2.00 bits per heavy atom. The Balaban J connectivity index is 1.29. The van der Waals surface area contributed by atoms with Crippen LogP contribution in [0.2, 0.25) is 23.7 Å². The van der Waals surface area contributed by atoms with Gasteiger partial charge in [-0.05, 0) is 81.2 Å². The first kappa shape index (κ1) is 33.1. The topological polar surface area (TPSA) is 111 Å². The quantitative estimate of drug-likeness (QED) is 0.270. The van der Waals surface area contributed by atoms with Crippen LogP contribution in [0.4, 0.5) is 15.5 Å². The third kappa shape index (κ3) is 6.01. The van der Waals surface area contributed by atoms with Crippen LogP contribution in [0.3, 0.4) is 0 Å². The lowest BCUT2D eigenvalue weighted by Crippen LogP contribution is -2.45. The number of nitrogens with one attached hydrogen (secondary N) is 2. The number of benzene rings is 2. The maximum Gasteiger partial charge on any atom is 0.264 e. The first-order valence-corrected chi connectivity index (χ1v) is 19.8. The fourth-order valence-corrected chi connectivity index (χ4v) is 10.9. The SMILES string of the molecule is C[C@@H]1[C@@H]([Si](C)(C)F)[C@H](CC(=O)N2CCC[C@H]2CO)O[C@@]12C(=O)N(Cc1cccc(NC(=O)C3CCCNC3)c1)c1ccc(Cl)cc12. The van der Waals surface area contributed by atoms with Crippen molar-refractivity contribution >= 4 is 49.1 Å². The van der Waals surface area contributed by atoms with E-state index < -0.39 is 31.6 Å². The minimum absolute atomic E-state index is 0.0300. The molecule has 6 rings (SSSR count). The van der Waals surface area contributed by atoms with E-state index in [1.54, 1.807) is 41.1 Å². The smallest absolute Gasteiger partial charge is 0.264 e. The summed E-state index contributed by atoms with van der Waals surface area (Å²) in [6, 6.07) is 12.5. The number of aliphatic hydroxyl groups is 1. The highest BCUT2D eigenvalue weighted by Crippen LogP contribution is 2.60. The Morgan fingerprint density at radius 3 is 2.72 bits per heavy atom. The number of nitrogens with zero attached hydrogens (tertiary/aromatic N) is 2. The molecule has 0 aromatic heterocycles. The third-order valence-corrected chi connectivity index (χ3v) is 13.1. The Labute approximate surface area is 276 Å². The second-order valence-electron chi connectivity index (χ2n) is 13.8. The van der Waals surface area contributed by atoms with Gasteiger partial charge in [0.15, 0.2) is 5.60 Å². The highest BCUT2D eigenvalue weighted by Gasteiger charge is 2.67. The summed E-state index contributed by atoms with van der Waals surface area (Å²) in [5, 5.41) is 16.6. The van der Waals surface area contributed by atoms with Crippen LogP contribution in [0.1, 0.15) is 50.2 Å². The van der Waals surface area contributed by atoms with Crippen molar-refractivity contribution in [1.82, 2.24) is 10.2 Å². The van der Waals surface area contributed by atoms with Crippen molar-refractivity contribution in [2.45, 2.75) is 82.0 Å². The van der Waals surface area contributed by atoms with Crippen molar-refractivity contribution in [3.8, 4) is 0 Å². The molecule has 4 heterocycles. The number of rotatable bonds is 8. The van der Waals surface area contributed by atoms with Crippen molar-refractivity contribution in [2.75, 3.05) is 36.5 Å². The predicted octanol–water partition coefficient (Wildman–Crippen LogP) is 4.97. The molecular formula is C34H44ClFN4O5Si. The molecule has 3 N–H and O–H groups in total. The van der Waals surface area contributed by atoms with Crippen LogP contribution in [0, 0.1) is 11.8 Å². The Bertz CT molecular complexity index is 1500. The number of piperidine rings is 1. The minimum Gasteiger partial charge on any atom is -0.394 e. The minimum atomic E-state index is -3.47. The molecule has 1 spiro atoms. The summed E-state index contributed by atoms with van der Waals surface area (Å²) in [5.41, 5.74) is 0.544. The number of hydrogen-bond acceptors (Lipinski definition) is 6. The number of hydrogen-bond donors (Lipinski definition) is 3. The van der Waals surface area contributed by atoms with Gasteiger partial charge in [-0.1, -0.05) is 30.7 Å². The molecule has 3 saturated heterocycles. The first-order chi connectivity index (χ1) is 21.9. The highest BCUT2D eigenvalue weighted by atomic mass is 35.5. The van der Waals surface area contributed by atoms with E-state index in [9.17, 15) is 19.5 Å². The predicted molar refractivity (Wildman–Crippen MR) is 178 cm³/mol. The van der Waals surface area contributed by atoms with E-state index in [2.05, 4.69) is 10.6 Å². The van der Waals surface area contributed by atoms with Crippen LogP contribution < -0.4 is 15.5 Å². The molecule has 12 heteroatoms. The number of anilines is 2. The van der Waals surface area contributed by atoms with E-state index >= 15 is 4.11 Å². The molecule has 6 atom stereocenters. The largest absolute Gasteiger partial charge is 0.394 e. The molecule has 1 unspecified atom stereocenters. The van der Waals surface area contributed by atoms with Gasteiger partial charge in [0.25, 0.3) is 5.91 Å². The van der Waals surface area contributed by atoms with E-state index in [0.717, 1.165) is 37.8 Å². The standard InChI is InChI=1S/C34H44ClFN4O5Si/c1-21-31(46(2,3)36)29(17-30(42)39-14-6-10-26(39)20-41)45-34(21)27-16-24(35)11-12-28(27)40(33(34)44)19-22-7-4-9-25(15-22)38-32(43)23-8-5-13-37-18-23/h4,7,9,11-12,15-16,21,23,26,29,31,37,41H,5-6,8,10,13-14,17-20H2,1-3H3,(H,38,43)/t21-,23?,26+,29+,31-,34+/m1/s1. The number of fused-ring (bicyclic) bond motifs is 2. The van der Waals surface area contributed by atoms with Gasteiger partial charge < -0.3 is 34.4 Å². The van der Waals surface area contributed by atoms with E-state index in [4.69, 9.17) is 16.3 Å². The summed E-state index contributed by atoms with van der Waals surface area (Å²) in [6.45, 7) is 7.28. The molecule has 3 amide bonds. The molecule has 2 aromatic rings. The molecule has 248 valence electrons. The van der Waals surface area contributed by atoms with E-state index in [1.165, 1.54) is 0 Å². The molecular weight excluding hydrogens is 627 g/mol. The lowest BCUT2D eigenvalue weighted by molar-refractivity contribution is -0.150. The summed E-state index contributed by atoms with van der Waals surface area (Å²) < 4.78 is 23.0. The fourth-order valence-electron chi connectivity index (χ4n) is 8.27. The Hall–Kier alpha value is -2.83. The zero-order valence-electron chi connectivity index (χ0n) is 26.7. The summed E-state index contributed by atoms with van der Waals surface area (Å²) in [7, 11) is -3.47. The van der Waals surface area contributed by atoms with Crippen LogP contribution in [-0.2, 0) is 31.3 Å². The lowest BCUT2D eigenvalue weighted by atomic mass is 9.82. The zero-order chi connectivity index (χ0) is 32.8. The molecule has 0 radical (unpaired) electrons. The third-order valence-electron chi connectivity index (χ3n) is 10.4. The number of halogens is 2. The molecule has 4 aliphatic heterocycles. The second-order valence-corrected chi connectivity index (χ2v) is 18.1. The van der Waals surface area contributed by atoms with Gasteiger partial charge in [0.05, 0.1) is 43.3 Å². The summed E-state index contributed by atoms with van der Waals surface area (Å²) in [4.78, 5) is 44.4. The number of carbonyl (C=O) groups is 3. The van der Waals surface area contributed by atoms with Crippen LogP contribution >= 0.6 is 11.6 Å². The number of aliphatic hydroxyl groups excluding tert-OH is 1. The van der Waals surface area contributed by atoms with Crippen LogP contribution in [0.25, 0.3) is 0 Å². The summed E-state index contributed by atoms with van der Waals surface area (Å²) in [5.74, 6) is -1.18. The zero-order valence-corrected chi connectivity index (χ0v) is 28.5. The summed E-state index contributed by atoms with van der Waals surface area (Å²) >= 11 is 6.51. The van der Waals surface area contributed by atoms with Gasteiger partial charge in [-0.25, -0.2) is 0 Å². The van der Waals surface area contributed by atoms with Gasteiger partial charge in [0.2, 0.25) is 20.2 Å². The van der Waals surface area contributed by atoms with Crippen molar-refractivity contribution in [2.24, 2.45) is 11.8 Å². The number of carbonyl (C=O) groups excluding carboxylic acids is 3. The normalized spacial score (nSPS) is 29.4. The average Bonchev–Trinajstić information content (AvgIpc) is 3.68. The van der Waals surface area contributed by atoms with Crippen molar-refractivity contribution in [3.63, 3.8) is 0 Å². The Kier molecular flexibility index (Phi) is 9.34. The fraction of sp³-hybridized carbons (Fsp3) is 0.559. The molecule has 2 aromatic carbocycles. The van der Waals surface area contributed by atoms with Crippen LogP contribution in [0.5, 0.6) is 0 Å². The summed E-state index contributed by atoms with van der Waals surface area (Å²) in [6.07, 6.45) is 2.46. The molecule has 46 heavy (non-hydrogen) atoms. The number of amides is 3. The maximum atomic E-state index is 16.2. The van der Waals surface area contributed by atoms with Gasteiger partial charge in [0.1, 0.15) is 0 Å². The first-order valence-electron chi connectivity index (χ1n) is 16.4. The van der Waals surface area contributed by atoms with Crippen molar-refractivity contribution in [3.05, 3.63) is 58.6 Å². The van der Waals surface area contributed by atoms with Crippen molar-refractivity contribution < 1.29 is 28.3 Å². The van der Waals surface area contributed by atoms with Gasteiger partial charge in [0, 0.05) is 40.8 Å². The van der Waals surface area contributed by atoms with Gasteiger partial charge in [-0.15, -0.1) is 0 Å². The second kappa shape index (κ2) is 13.0. The Morgan fingerprint density at radius 1 is 1.20 bits per heavy atom. The van der Waals surface area contributed by atoms with Gasteiger partial charge in [-0.3, -0.25) is 14.4 Å². The highest BCUT2D eigenvalue weighted by molar-refractivity contribution is 6.72. The van der Waals surface area contributed by atoms with Gasteiger partial charge in [-0.2, -0.15) is 0 Å². The molecule has 3 fully saturated rings. The monoisotopic (exact) mass is 670 g/mol. The lowest BCUT2D eigenvalue weighted by Gasteiger charge is -2.31. The van der Waals surface area contributed by atoms with E-state index in [0.29, 0.717) is 35.1 Å². The van der Waals surface area contributed by atoms with E-state index in [1.807, 2.05) is 31.2 Å². The maximum absolute atomic E-state index is 16.2. The van der Waals surface area contributed by atoms with E-state index in [-0.39, 0.29) is 49.3 Å². The van der Waals surface area contributed by atoms with Crippen LogP contribution in [-0.4, -0.2) is 74.5 Å². The molecule has 0 saturated carbocycles. The molecule has 0 aliphatic carbocycles. The molecule has 4 aliphatic rings. The van der Waals surface area contributed by atoms with Crippen molar-refractivity contribution in [1.29, 1.82) is 0 Å². The number of ether oxygens (including phenoxy) is 1. The molecule has 0 bridgehead atoms. The average molecular weight is 671 g/mol. The van der Waals surface area contributed by atoms with Crippen LogP contribution in [0.15, 0.2) is 42.5 Å². The van der Waals surface area contributed by atoms with Gasteiger partial charge >= 0.3 is 0 Å². The molecule has 9 nitrogen and oxygen atoms in total.